The van der Waals surface area contributed by atoms with E-state index in [-0.39, 0.29) is 0 Å². The molecule has 0 atom stereocenters. The van der Waals surface area contributed by atoms with Crippen LogP contribution in [0.25, 0.3) is 98.2 Å². The predicted molar refractivity (Wildman–Crippen MR) is 199 cm³/mol. The third kappa shape index (κ3) is 4.33. The molecule has 10 aromatic rings. The fourth-order valence-corrected chi connectivity index (χ4v) is 7.99. The van der Waals surface area contributed by atoms with Crippen LogP contribution in [-0.2, 0) is 0 Å². The summed E-state index contributed by atoms with van der Waals surface area (Å²) < 4.78 is 8.97. The number of fused-ring (bicyclic) bond motifs is 7. The quantitative estimate of drug-likeness (QED) is 0.194. The second kappa shape index (κ2) is 10.7. The molecule has 4 nitrogen and oxygen atoms in total. The van der Waals surface area contributed by atoms with Gasteiger partial charge in [-0.1, -0.05) is 115 Å². The molecule has 0 bridgehead atoms. The Labute approximate surface area is 279 Å². The molecular formula is C43H25N3OS. The standard InChI is InChI=1S/C43H25N3OS/c1-2-12-27(13-3-1)41-44-42(33-17-10-20-38-40(33)32-16-7-9-19-37(32)48-38)46-43(45-41)34-24-30(29-22-21-26-11-4-5-14-28(26)23-29)25-36-39(34)31-15-6-8-18-35(31)47-36/h1-25H. The molecule has 0 fully saturated rings. The molecule has 0 saturated carbocycles. The maximum Gasteiger partial charge on any atom is 0.164 e. The Morgan fingerprint density at radius 3 is 2.00 bits per heavy atom. The summed E-state index contributed by atoms with van der Waals surface area (Å²) >= 11 is 1.79. The van der Waals surface area contributed by atoms with Crippen molar-refractivity contribution in [3.8, 4) is 45.3 Å². The lowest BCUT2D eigenvalue weighted by molar-refractivity contribution is 0.669. The lowest BCUT2D eigenvalue weighted by atomic mass is 9.96. The molecule has 5 heteroatoms. The SMILES string of the molecule is c1ccc(-c2nc(-c3cc(-c4ccc5ccccc5c4)cc4oc5ccccc5c34)nc(-c3cccc4sc5ccccc5c34)n2)cc1. The largest absolute Gasteiger partial charge is 0.456 e. The molecule has 0 radical (unpaired) electrons. The molecule has 3 aromatic heterocycles. The van der Waals surface area contributed by atoms with Crippen molar-refractivity contribution in [3.63, 3.8) is 0 Å². The van der Waals surface area contributed by atoms with E-state index in [4.69, 9.17) is 19.4 Å². The molecule has 224 valence electrons. The number of rotatable bonds is 4. The lowest BCUT2D eigenvalue weighted by Gasteiger charge is -2.12. The molecule has 0 N–H and O–H groups in total. The molecule has 3 heterocycles. The van der Waals surface area contributed by atoms with Gasteiger partial charge in [0, 0.05) is 47.6 Å². The Morgan fingerprint density at radius 2 is 1.10 bits per heavy atom. The summed E-state index contributed by atoms with van der Waals surface area (Å²) in [6.07, 6.45) is 0. The fraction of sp³-hybridized carbons (Fsp3) is 0. The van der Waals surface area contributed by atoms with Crippen molar-refractivity contribution < 1.29 is 4.42 Å². The van der Waals surface area contributed by atoms with E-state index in [1.807, 2.05) is 30.3 Å². The van der Waals surface area contributed by atoms with Crippen molar-refractivity contribution in [2.75, 3.05) is 0 Å². The van der Waals surface area contributed by atoms with Gasteiger partial charge in [-0.25, -0.2) is 15.0 Å². The average Bonchev–Trinajstić information content (AvgIpc) is 3.73. The second-order valence-electron chi connectivity index (χ2n) is 12.0. The number of hydrogen-bond donors (Lipinski definition) is 0. The van der Waals surface area contributed by atoms with Crippen molar-refractivity contribution in [1.82, 2.24) is 15.0 Å². The van der Waals surface area contributed by atoms with Gasteiger partial charge in [-0.2, -0.15) is 0 Å². The van der Waals surface area contributed by atoms with Gasteiger partial charge in [-0.05, 0) is 58.3 Å². The number of para-hydroxylation sites is 1. The van der Waals surface area contributed by atoms with Gasteiger partial charge in [-0.15, -0.1) is 11.3 Å². The number of nitrogens with zero attached hydrogens (tertiary/aromatic N) is 3. The zero-order valence-corrected chi connectivity index (χ0v) is 26.4. The molecule has 0 aliphatic carbocycles. The maximum atomic E-state index is 6.52. The summed E-state index contributed by atoms with van der Waals surface area (Å²) in [5, 5.41) is 6.78. The van der Waals surface area contributed by atoms with Crippen LogP contribution in [0.1, 0.15) is 0 Å². The summed E-state index contributed by atoms with van der Waals surface area (Å²) in [6, 6.07) is 52.7. The molecule has 0 spiro atoms. The molecule has 0 aliphatic rings. The highest BCUT2D eigenvalue weighted by molar-refractivity contribution is 7.25. The first-order valence-corrected chi connectivity index (χ1v) is 16.8. The van der Waals surface area contributed by atoms with E-state index in [0.717, 1.165) is 55.1 Å². The Balaban J connectivity index is 1.29. The average molecular weight is 632 g/mol. The zero-order chi connectivity index (χ0) is 31.6. The van der Waals surface area contributed by atoms with Crippen molar-refractivity contribution in [2.24, 2.45) is 0 Å². The number of aromatic nitrogens is 3. The molecule has 0 amide bonds. The minimum Gasteiger partial charge on any atom is -0.456 e. The van der Waals surface area contributed by atoms with Crippen LogP contribution in [0.2, 0.25) is 0 Å². The number of benzene rings is 7. The smallest absolute Gasteiger partial charge is 0.164 e. The molecule has 0 saturated heterocycles. The molecule has 0 unspecified atom stereocenters. The van der Waals surface area contributed by atoms with Gasteiger partial charge in [0.2, 0.25) is 0 Å². The fourth-order valence-electron chi connectivity index (χ4n) is 6.86. The van der Waals surface area contributed by atoms with Gasteiger partial charge in [0.05, 0.1) is 0 Å². The van der Waals surface area contributed by atoms with Crippen LogP contribution in [0.3, 0.4) is 0 Å². The van der Waals surface area contributed by atoms with Gasteiger partial charge in [-0.3, -0.25) is 0 Å². The molecule has 7 aromatic carbocycles. The summed E-state index contributed by atoms with van der Waals surface area (Å²) in [4.78, 5) is 15.6. The van der Waals surface area contributed by atoms with E-state index in [0.29, 0.717) is 17.5 Å². The molecule has 10 rings (SSSR count). The van der Waals surface area contributed by atoms with Gasteiger partial charge < -0.3 is 4.42 Å². The Kier molecular flexibility index (Phi) is 6.01. The van der Waals surface area contributed by atoms with E-state index in [9.17, 15) is 0 Å². The highest BCUT2D eigenvalue weighted by Gasteiger charge is 2.21. The van der Waals surface area contributed by atoms with Crippen LogP contribution in [0.5, 0.6) is 0 Å². The monoisotopic (exact) mass is 631 g/mol. The highest BCUT2D eigenvalue weighted by Crippen LogP contribution is 2.42. The predicted octanol–water partition coefficient (Wildman–Crippen LogP) is 12.0. The van der Waals surface area contributed by atoms with Gasteiger partial charge >= 0.3 is 0 Å². The van der Waals surface area contributed by atoms with E-state index in [1.165, 1.54) is 25.6 Å². The normalized spacial score (nSPS) is 11.8. The summed E-state index contributed by atoms with van der Waals surface area (Å²) in [5.74, 6) is 1.88. The summed E-state index contributed by atoms with van der Waals surface area (Å²) in [7, 11) is 0. The Morgan fingerprint density at radius 1 is 0.396 bits per heavy atom. The van der Waals surface area contributed by atoms with E-state index < -0.39 is 0 Å². The van der Waals surface area contributed by atoms with Crippen LogP contribution in [0.4, 0.5) is 0 Å². The number of furan rings is 1. The number of thiophene rings is 1. The van der Waals surface area contributed by atoms with Crippen LogP contribution in [0, 0.1) is 0 Å². The highest BCUT2D eigenvalue weighted by atomic mass is 32.1. The summed E-state index contributed by atoms with van der Waals surface area (Å²) in [6.45, 7) is 0. The Hall–Kier alpha value is -6.17. The third-order valence-corrected chi connectivity index (χ3v) is 10.2. The zero-order valence-electron chi connectivity index (χ0n) is 25.6. The van der Waals surface area contributed by atoms with E-state index in [1.54, 1.807) is 11.3 Å². The van der Waals surface area contributed by atoms with Crippen LogP contribution >= 0.6 is 11.3 Å². The minimum absolute atomic E-state index is 0.606. The van der Waals surface area contributed by atoms with Crippen LogP contribution in [0.15, 0.2) is 156 Å². The topological polar surface area (TPSA) is 51.8 Å². The van der Waals surface area contributed by atoms with Gasteiger partial charge in [0.25, 0.3) is 0 Å². The van der Waals surface area contributed by atoms with Crippen LogP contribution < -0.4 is 0 Å². The first-order valence-electron chi connectivity index (χ1n) is 15.9. The molecule has 48 heavy (non-hydrogen) atoms. The van der Waals surface area contributed by atoms with Crippen molar-refractivity contribution >= 4 is 64.2 Å². The van der Waals surface area contributed by atoms with Crippen molar-refractivity contribution in [1.29, 1.82) is 0 Å². The Bertz CT molecular complexity index is 2850. The van der Waals surface area contributed by atoms with Crippen molar-refractivity contribution in [3.05, 3.63) is 152 Å². The molecule has 0 aliphatic heterocycles. The summed E-state index contributed by atoms with van der Waals surface area (Å²) in [5.41, 5.74) is 6.60. The van der Waals surface area contributed by atoms with Crippen LogP contribution in [-0.4, -0.2) is 15.0 Å². The minimum atomic E-state index is 0.606. The maximum absolute atomic E-state index is 6.52. The van der Waals surface area contributed by atoms with E-state index >= 15 is 0 Å². The third-order valence-electron chi connectivity index (χ3n) is 9.11. The molecular weight excluding hydrogens is 607 g/mol. The lowest BCUT2D eigenvalue weighted by Crippen LogP contribution is -2.01. The number of hydrogen-bond acceptors (Lipinski definition) is 5. The first kappa shape index (κ1) is 27.0. The van der Waals surface area contributed by atoms with Gasteiger partial charge in [0.15, 0.2) is 17.5 Å². The van der Waals surface area contributed by atoms with Gasteiger partial charge in [0.1, 0.15) is 11.2 Å². The van der Waals surface area contributed by atoms with Crippen molar-refractivity contribution in [2.45, 2.75) is 0 Å². The second-order valence-corrected chi connectivity index (χ2v) is 13.1. The first-order chi connectivity index (χ1) is 23.8. The van der Waals surface area contributed by atoms with E-state index in [2.05, 4.69) is 121 Å².